The molecule has 0 spiro atoms. The molecular formula is C24H26N2O3. The van der Waals surface area contributed by atoms with Gasteiger partial charge in [-0.15, -0.1) is 0 Å². The second-order valence-electron chi connectivity index (χ2n) is 7.15. The summed E-state index contributed by atoms with van der Waals surface area (Å²) in [5, 5.41) is 16.2. The number of carbonyl (C=O) groups is 2. The van der Waals surface area contributed by atoms with Crippen molar-refractivity contribution in [1.82, 2.24) is 5.01 Å². The summed E-state index contributed by atoms with van der Waals surface area (Å²) in [6, 6.07) is 18.4. The van der Waals surface area contributed by atoms with Crippen molar-refractivity contribution in [2.45, 2.75) is 37.6 Å². The second-order valence-corrected chi connectivity index (χ2v) is 7.15. The Labute approximate surface area is 171 Å². The molecule has 0 aromatic heterocycles. The molecule has 29 heavy (non-hydrogen) atoms. The fourth-order valence-electron chi connectivity index (χ4n) is 3.90. The van der Waals surface area contributed by atoms with Crippen molar-refractivity contribution < 1.29 is 14.7 Å². The van der Waals surface area contributed by atoms with Gasteiger partial charge in [-0.2, -0.15) is 5.10 Å². The summed E-state index contributed by atoms with van der Waals surface area (Å²) >= 11 is 0. The van der Waals surface area contributed by atoms with Crippen LogP contribution >= 0.6 is 0 Å². The normalized spacial score (nSPS) is 16.2. The molecule has 0 saturated carbocycles. The van der Waals surface area contributed by atoms with Gasteiger partial charge < -0.3 is 5.11 Å². The van der Waals surface area contributed by atoms with Crippen LogP contribution in [0.5, 0.6) is 0 Å². The Balaban J connectivity index is 2.13. The van der Waals surface area contributed by atoms with E-state index in [0.717, 1.165) is 11.1 Å². The average Bonchev–Trinajstić information content (AvgIpc) is 2.77. The van der Waals surface area contributed by atoms with Crippen LogP contribution in [0.2, 0.25) is 0 Å². The number of carbonyl (C=O) groups excluding carboxylic acids is 1. The first-order valence-electron chi connectivity index (χ1n) is 9.92. The molecule has 3 rings (SSSR count). The van der Waals surface area contributed by atoms with Crippen molar-refractivity contribution in [2.75, 3.05) is 6.54 Å². The van der Waals surface area contributed by atoms with Gasteiger partial charge in [-0.05, 0) is 17.2 Å². The number of benzene rings is 2. The van der Waals surface area contributed by atoms with E-state index in [1.807, 2.05) is 79.7 Å². The molecule has 5 nitrogen and oxygen atoms in total. The van der Waals surface area contributed by atoms with Gasteiger partial charge in [0.2, 0.25) is 0 Å². The molecule has 1 aliphatic heterocycles. The van der Waals surface area contributed by atoms with Crippen LogP contribution in [0.15, 0.2) is 77.9 Å². The standard InChI is InChI=1S/C24H26N2O3/c1-2-20(27)17-21(18-11-5-3-6-12-18)22(19-13-7-4-8-14-19)23(24(28)29)26-16-10-9-15-25-26/h3-15,21-23H,2,16-17H2,1H3,(H,28,29). The number of nitrogens with zero attached hydrogens (tertiary/aromatic N) is 2. The Morgan fingerprint density at radius 1 is 1.03 bits per heavy atom. The van der Waals surface area contributed by atoms with Crippen LogP contribution in [0, 0.1) is 0 Å². The Morgan fingerprint density at radius 2 is 1.66 bits per heavy atom. The van der Waals surface area contributed by atoms with Gasteiger partial charge in [-0.3, -0.25) is 9.80 Å². The number of aliphatic carboxylic acids is 1. The van der Waals surface area contributed by atoms with E-state index in [2.05, 4.69) is 5.10 Å². The number of carboxylic acids is 1. The van der Waals surface area contributed by atoms with E-state index in [1.54, 1.807) is 11.2 Å². The first kappa shape index (κ1) is 20.5. The minimum Gasteiger partial charge on any atom is -0.480 e. The van der Waals surface area contributed by atoms with Gasteiger partial charge in [0.1, 0.15) is 5.78 Å². The highest BCUT2D eigenvalue weighted by Gasteiger charge is 2.40. The largest absolute Gasteiger partial charge is 0.480 e. The Hall–Kier alpha value is -3.21. The highest BCUT2D eigenvalue weighted by molar-refractivity contribution is 5.80. The molecule has 150 valence electrons. The number of carboxylic acid groups (broad SMARTS) is 1. The molecule has 2 aromatic rings. The maximum Gasteiger partial charge on any atom is 0.328 e. The first-order chi connectivity index (χ1) is 14.1. The van der Waals surface area contributed by atoms with Crippen molar-refractivity contribution in [3.05, 3.63) is 83.9 Å². The summed E-state index contributed by atoms with van der Waals surface area (Å²) in [5.41, 5.74) is 1.85. The lowest BCUT2D eigenvalue weighted by Gasteiger charge is -2.37. The van der Waals surface area contributed by atoms with Crippen LogP contribution in [0.1, 0.15) is 42.7 Å². The van der Waals surface area contributed by atoms with Gasteiger partial charge in [0.15, 0.2) is 6.04 Å². The molecule has 1 aliphatic rings. The van der Waals surface area contributed by atoms with Gasteiger partial charge in [0.25, 0.3) is 0 Å². The van der Waals surface area contributed by atoms with E-state index in [0.29, 0.717) is 13.0 Å². The van der Waals surface area contributed by atoms with Gasteiger partial charge in [0.05, 0.1) is 6.54 Å². The van der Waals surface area contributed by atoms with Gasteiger partial charge in [-0.25, -0.2) is 4.79 Å². The number of ketones is 1. The Kier molecular flexibility index (Phi) is 6.95. The molecule has 1 N–H and O–H groups in total. The zero-order valence-electron chi connectivity index (χ0n) is 16.5. The molecule has 3 atom stereocenters. The quantitative estimate of drug-likeness (QED) is 0.695. The molecule has 2 aromatic carbocycles. The third kappa shape index (κ3) is 4.99. The van der Waals surface area contributed by atoms with Crippen LogP contribution in [-0.4, -0.2) is 40.7 Å². The van der Waals surface area contributed by atoms with Crippen LogP contribution in [-0.2, 0) is 9.59 Å². The van der Waals surface area contributed by atoms with Gasteiger partial charge in [-0.1, -0.05) is 73.7 Å². The highest BCUT2D eigenvalue weighted by atomic mass is 16.4. The summed E-state index contributed by atoms with van der Waals surface area (Å²) in [4.78, 5) is 25.0. The molecule has 0 bridgehead atoms. The number of hydrogen-bond donors (Lipinski definition) is 1. The topological polar surface area (TPSA) is 70.0 Å². The van der Waals surface area contributed by atoms with Crippen molar-refractivity contribution in [3.8, 4) is 0 Å². The lowest BCUT2D eigenvalue weighted by atomic mass is 9.74. The molecule has 0 radical (unpaired) electrons. The molecule has 1 heterocycles. The van der Waals surface area contributed by atoms with Crippen molar-refractivity contribution in [2.24, 2.45) is 5.10 Å². The molecule has 5 heteroatoms. The third-order valence-corrected chi connectivity index (χ3v) is 5.33. The van der Waals surface area contributed by atoms with E-state index in [9.17, 15) is 14.7 Å². The second kappa shape index (κ2) is 9.82. The predicted octanol–water partition coefficient (Wildman–Crippen LogP) is 4.23. The monoisotopic (exact) mass is 390 g/mol. The lowest BCUT2D eigenvalue weighted by Crippen LogP contribution is -2.45. The van der Waals surface area contributed by atoms with Crippen LogP contribution in [0.25, 0.3) is 0 Å². The molecule has 3 unspecified atom stereocenters. The average molecular weight is 390 g/mol. The smallest absolute Gasteiger partial charge is 0.328 e. The van der Waals surface area contributed by atoms with Crippen molar-refractivity contribution in [3.63, 3.8) is 0 Å². The Morgan fingerprint density at radius 3 is 2.17 bits per heavy atom. The summed E-state index contributed by atoms with van der Waals surface area (Å²) in [7, 11) is 0. The lowest BCUT2D eigenvalue weighted by molar-refractivity contribution is -0.144. The zero-order valence-corrected chi connectivity index (χ0v) is 16.5. The van der Waals surface area contributed by atoms with E-state index in [4.69, 9.17) is 0 Å². The maximum absolute atomic E-state index is 12.5. The number of Topliss-reactive ketones (excluding diaryl/α,β-unsaturated/α-hetero) is 1. The SMILES string of the molecule is CCC(=O)CC(c1ccccc1)C(c1ccccc1)C(C(=O)O)N1CC=CC=N1. The van der Waals surface area contributed by atoms with Crippen molar-refractivity contribution in [1.29, 1.82) is 0 Å². The Bertz CT molecular complexity index is 878. The van der Waals surface area contributed by atoms with E-state index in [-0.39, 0.29) is 18.1 Å². The molecule has 0 saturated heterocycles. The van der Waals surface area contributed by atoms with E-state index in [1.165, 1.54) is 0 Å². The van der Waals surface area contributed by atoms with Gasteiger partial charge in [0, 0.05) is 30.9 Å². The number of hydrogen-bond acceptors (Lipinski definition) is 4. The first-order valence-corrected chi connectivity index (χ1v) is 9.92. The number of hydrazone groups is 1. The fourth-order valence-corrected chi connectivity index (χ4v) is 3.90. The van der Waals surface area contributed by atoms with E-state index < -0.39 is 17.9 Å². The van der Waals surface area contributed by atoms with Crippen LogP contribution < -0.4 is 0 Å². The van der Waals surface area contributed by atoms with E-state index >= 15 is 0 Å². The molecule has 0 aliphatic carbocycles. The minimum atomic E-state index is -0.948. The summed E-state index contributed by atoms with van der Waals surface area (Å²) in [6.45, 7) is 2.26. The summed E-state index contributed by atoms with van der Waals surface area (Å²) in [6.07, 6.45) is 6.02. The molecule has 0 amide bonds. The predicted molar refractivity (Wildman–Crippen MR) is 114 cm³/mol. The van der Waals surface area contributed by atoms with Crippen LogP contribution in [0.3, 0.4) is 0 Å². The van der Waals surface area contributed by atoms with Crippen LogP contribution in [0.4, 0.5) is 0 Å². The minimum absolute atomic E-state index is 0.117. The maximum atomic E-state index is 12.5. The van der Waals surface area contributed by atoms with Gasteiger partial charge >= 0.3 is 5.97 Å². The molecular weight excluding hydrogens is 364 g/mol. The number of rotatable bonds is 9. The molecule has 0 fully saturated rings. The summed E-state index contributed by atoms with van der Waals surface area (Å²) < 4.78 is 0. The third-order valence-electron chi connectivity index (χ3n) is 5.33. The highest BCUT2D eigenvalue weighted by Crippen LogP contribution is 2.40. The fraction of sp³-hybridized carbons (Fsp3) is 0.292. The number of allylic oxidation sites excluding steroid dienone is 1. The van der Waals surface area contributed by atoms with Crippen molar-refractivity contribution >= 4 is 18.0 Å². The zero-order chi connectivity index (χ0) is 20.6. The summed E-state index contributed by atoms with van der Waals surface area (Å²) in [5.74, 6) is -1.54.